The molecule has 0 spiro atoms. The molecule has 0 aliphatic rings. The molecule has 0 radical (unpaired) electrons. The van der Waals surface area contributed by atoms with E-state index in [0.29, 0.717) is 11.0 Å². The van der Waals surface area contributed by atoms with Crippen molar-refractivity contribution in [3.63, 3.8) is 0 Å². The molecule has 2 nitrogen and oxygen atoms in total. The van der Waals surface area contributed by atoms with E-state index in [0.717, 1.165) is 0 Å². The van der Waals surface area contributed by atoms with Crippen molar-refractivity contribution in [1.82, 2.24) is 0 Å². The first-order valence-electron chi connectivity index (χ1n) is 6.03. The number of para-hydroxylation sites is 1. The lowest BCUT2D eigenvalue weighted by atomic mass is 10.1. The maximum absolute atomic E-state index is 13.4. The molecule has 0 saturated carbocycles. The second kappa shape index (κ2) is 5.02. The molecule has 0 N–H and O–H groups in total. The van der Waals surface area contributed by atoms with Crippen molar-refractivity contribution in [3.05, 3.63) is 82.0 Å². The summed E-state index contributed by atoms with van der Waals surface area (Å²) in [4.78, 5) is 12.2. The van der Waals surface area contributed by atoms with Gasteiger partial charge in [0.05, 0.1) is 10.9 Å². The van der Waals surface area contributed by atoms with Gasteiger partial charge >= 0.3 is 0 Å². The quantitative estimate of drug-likeness (QED) is 0.583. The highest BCUT2D eigenvalue weighted by Gasteiger charge is 2.04. The van der Waals surface area contributed by atoms with E-state index in [1.807, 2.05) is 0 Å². The van der Waals surface area contributed by atoms with Crippen molar-refractivity contribution in [3.8, 4) is 11.8 Å². The van der Waals surface area contributed by atoms with Gasteiger partial charge in [0.25, 0.3) is 0 Å². The number of rotatable bonds is 0. The Hall–Kier alpha value is -2.86. The summed E-state index contributed by atoms with van der Waals surface area (Å²) >= 11 is 0. The van der Waals surface area contributed by atoms with E-state index in [1.165, 1.54) is 12.3 Å². The molecule has 0 unspecified atom stereocenters. The second-order valence-corrected chi connectivity index (χ2v) is 4.20. The van der Waals surface area contributed by atoms with Crippen LogP contribution < -0.4 is 5.43 Å². The molecule has 2 aromatic carbocycles. The Kier molecular flexibility index (Phi) is 3.06. The third-order valence-electron chi connectivity index (χ3n) is 2.89. The molecule has 1 heterocycles. The predicted molar refractivity (Wildman–Crippen MR) is 74.9 cm³/mol. The Morgan fingerprint density at radius 3 is 2.45 bits per heavy atom. The van der Waals surface area contributed by atoms with E-state index in [1.54, 1.807) is 42.5 Å². The van der Waals surface area contributed by atoms with Gasteiger partial charge in [-0.1, -0.05) is 36.1 Å². The van der Waals surface area contributed by atoms with Gasteiger partial charge in [-0.3, -0.25) is 4.79 Å². The minimum absolute atomic E-state index is 0.212. The fraction of sp³-hybridized carbons (Fsp3) is 0. The van der Waals surface area contributed by atoms with E-state index in [9.17, 15) is 9.18 Å². The zero-order chi connectivity index (χ0) is 13.9. The molecular weight excluding hydrogens is 255 g/mol. The minimum atomic E-state index is -0.412. The van der Waals surface area contributed by atoms with Crippen molar-refractivity contribution < 1.29 is 8.81 Å². The van der Waals surface area contributed by atoms with Crippen LogP contribution in [0, 0.1) is 17.7 Å². The topological polar surface area (TPSA) is 30.2 Å². The number of hydrogen-bond acceptors (Lipinski definition) is 2. The highest BCUT2D eigenvalue weighted by Crippen LogP contribution is 2.10. The molecule has 0 saturated heterocycles. The monoisotopic (exact) mass is 264 g/mol. The van der Waals surface area contributed by atoms with Gasteiger partial charge in [-0.15, -0.1) is 0 Å². The summed E-state index contributed by atoms with van der Waals surface area (Å²) in [6.45, 7) is 0. The van der Waals surface area contributed by atoms with Crippen LogP contribution >= 0.6 is 0 Å². The molecule has 0 amide bonds. The molecule has 0 bridgehead atoms. The minimum Gasteiger partial charge on any atom is -0.463 e. The van der Waals surface area contributed by atoms with Crippen molar-refractivity contribution in [2.75, 3.05) is 0 Å². The maximum atomic E-state index is 13.4. The lowest BCUT2D eigenvalue weighted by Gasteiger charge is -1.96. The summed E-state index contributed by atoms with van der Waals surface area (Å²) in [6, 6.07) is 13.1. The van der Waals surface area contributed by atoms with Crippen molar-refractivity contribution >= 4 is 11.0 Å². The smallest absolute Gasteiger partial charge is 0.208 e. The van der Waals surface area contributed by atoms with Crippen LogP contribution in [0.2, 0.25) is 0 Å². The molecule has 3 rings (SSSR count). The standard InChI is InChI=1S/C17H9FO2/c18-15-7-3-1-5-12(15)9-10-13-11-20-16-8-4-2-6-14(16)17(13)19/h1-8,11H. The van der Waals surface area contributed by atoms with Gasteiger partial charge in [-0.25, -0.2) is 4.39 Å². The average Bonchev–Trinajstić information content (AvgIpc) is 2.48. The van der Waals surface area contributed by atoms with Crippen molar-refractivity contribution in [2.45, 2.75) is 0 Å². The van der Waals surface area contributed by atoms with Crippen LogP contribution in [0.1, 0.15) is 11.1 Å². The number of fused-ring (bicyclic) bond motifs is 1. The number of halogens is 1. The number of hydrogen-bond donors (Lipinski definition) is 0. The molecular formula is C17H9FO2. The summed E-state index contributed by atoms with van der Waals surface area (Å²) in [7, 11) is 0. The van der Waals surface area contributed by atoms with Crippen molar-refractivity contribution in [2.24, 2.45) is 0 Å². The summed E-state index contributed by atoms with van der Waals surface area (Å²) in [5.74, 6) is 4.90. The highest BCUT2D eigenvalue weighted by molar-refractivity contribution is 5.77. The third kappa shape index (κ3) is 2.19. The number of benzene rings is 2. The van der Waals surface area contributed by atoms with Crippen LogP contribution in [0.25, 0.3) is 11.0 Å². The second-order valence-electron chi connectivity index (χ2n) is 4.20. The highest BCUT2D eigenvalue weighted by atomic mass is 19.1. The fourth-order valence-electron chi connectivity index (χ4n) is 1.86. The fourth-order valence-corrected chi connectivity index (χ4v) is 1.86. The largest absolute Gasteiger partial charge is 0.463 e. The zero-order valence-electron chi connectivity index (χ0n) is 10.4. The van der Waals surface area contributed by atoms with Gasteiger partial charge in [-0.2, -0.15) is 0 Å². The van der Waals surface area contributed by atoms with E-state index < -0.39 is 5.82 Å². The van der Waals surface area contributed by atoms with Crippen LogP contribution in [0.4, 0.5) is 4.39 Å². The molecule has 0 fully saturated rings. The zero-order valence-corrected chi connectivity index (χ0v) is 10.4. The van der Waals surface area contributed by atoms with E-state index in [2.05, 4.69) is 11.8 Å². The first kappa shape index (κ1) is 12.2. The van der Waals surface area contributed by atoms with Gasteiger partial charge in [0.1, 0.15) is 23.2 Å². The van der Waals surface area contributed by atoms with Crippen LogP contribution in [-0.2, 0) is 0 Å². The van der Waals surface area contributed by atoms with Crippen LogP contribution in [0.3, 0.4) is 0 Å². The molecule has 20 heavy (non-hydrogen) atoms. The molecule has 0 atom stereocenters. The Labute approximate surface area is 114 Å². The Morgan fingerprint density at radius 2 is 1.60 bits per heavy atom. The first-order chi connectivity index (χ1) is 9.75. The van der Waals surface area contributed by atoms with Gasteiger partial charge in [0, 0.05) is 0 Å². The third-order valence-corrected chi connectivity index (χ3v) is 2.89. The SMILES string of the molecule is O=c1c(C#Cc2ccccc2F)coc2ccccc12. The van der Waals surface area contributed by atoms with E-state index >= 15 is 0 Å². The Bertz CT molecular complexity index is 898. The van der Waals surface area contributed by atoms with Gasteiger partial charge in [0.15, 0.2) is 0 Å². The molecule has 0 aliphatic carbocycles. The molecule has 0 aliphatic heterocycles. The Morgan fingerprint density at radius 1 is 0.900 bits per heavy atom. The van der Waals surface area contributed by atoms with Crippen LogP contribution in [0.5, 0.6) is 0 Å². The molecule has 1 aromatic heterocycles. The van der Waals surface area contributed by atoms with Crippen LogP contribution in [-0.4, -0.2) is 0 Å². The summed E-state index contributed by atoms with van der Waals surface area (Å²) in [6.07, 6.45) is 1.30. The van der Waals surface area contributed by atoms with E-state index in [4.69, 9.17) is 4.42 Å². The van der Waals surface area contributed by atoms with E-state index in [-0.39, 0.29) is 16.6 Å². The predicted octanol–water partition coefficient (Wildman–Crippen LogP) is 3.33. The molecule has 96 valence electrons. The van der Waals surface area contributed by atoms with Gasteiger partial charge in [-0.05, 0) is 24.3 Å². The molecule has 3 aromatic rings. The van der Waals surface area contributed by atoms with Crippen LogP contribution in [0.15, 0.2) is 64.0 Å². The molecule has 3 heteroatoms. The average molecular weight is 264 g/mol. The Balaban J connectivity index is 2.12. The summed E-state index contributed by atoms with van der Waals surface area (Å²) in [5.41, 5.74) is 0.761. The normalized spacial score (nSPS) is 10.1. The lowest BCUT2D eigenvalue weighted by molar-refractivity contribution is 0.600. The summed E-state index contributed by atoms with van der Waals surface area (Å²) in [5, 5.41) is 0.466. The maximum Gasteiger partial charge on any atom is 0.208 e. The first-order valence-corrected chi connectivity index (χ1v) is 6.03. The van der Waals surface area contributed by atoms with Gasteiger partial charge in [0.2, 0.25) is 5.43 Å². The summed E-state index contributed by atoms with van der Waals surface area (Å²) < 4.78 is 18.8. The van der Waals surface area contributed by atoms with Gasteiger partial charge < -0.3 is 4.42 Å². The van der Waals surface area contributed by atoms with Crippen molar-refractivity contribution in [1.29, 1.82) is 0 Å². The lowest BCUT2D eigenvalue weighted by Crippen LogP contribution is -2.05.